The first-order valence-electron chi connectivity index (χ1n) is 7.59. The molecule has 1 saturated carbocycles. The second-order valence-corrected chi connectivity index (χ2v) is 6.05. The maximum Gasteiger partial charge on any atom is 0.177 e. The van der Waals surface area contributed by atoms with Gasteiger partial charge in [-0.1, -0.05) is 12.8 Å². The average Bonchev–Trinajstić information content (AvgIpc) is 3.16. The van der Waals surface area contributed by atoms with Crippen molar-refractivity contribution in [1.29, 1.82) is 0 Å². The Labute approximate surface area is 123 Å². The highest BCUT2D eigenvalue weighted by molar-refractivity contribution is 5.78. The molecule has 6 nitrogen and oxygen atoms in total. The molecule has 3 heterocycles. The van der Waals surface area contributed by atoms with E-state index in [0.717, 1.165) is 34.1 Å². The SMILES string of the molecule is Cc1cc(-c2nc3c([nH]2)c(C)nn3C2CCCC2)n(C)n1. The number of aromatic amines is 1. The van der Waals surface area contributed by atoms with Gasteiger partial charge < -0.3 is 4.98 Å². The molecule has 3 aromatic rings. The third-order valence-corrected chi connectivity index (χ3v) is 4.44. The van der Waals surface area contributed by atoms with Crippen molar-refractivity contribution in [2.45, 2.75) is 45.6 Å². The number of aromatic nitrogens is 6. The van der Waals surface area contributed by atoms with Crippen LogP contribution >= 0.6 is 0 Å². The standard InChI is InChI=1S/C15H20N6/c1-9-8-12(20(3)18-9)14-16-13-10(2)19-21(15(13)17-14)11-6-4-5-7-11/h8,11H,4-7H2,1-3H3,(H,16,17). The normalized spacial score (nSPS) is 16.3. The maximum atomic E-state index is 4.81. The van der Waals surface area contributed by atoms with Crippen molar-refractivity contribution in [2.24, 2.45) is 7.05 Å². The zero-order chi connectivity index (χ0) is 14.6. The largest absolute Gasteiger partial charge is 0.334 e. The number of fused-ring (bicyclic) bond motifs is 1. The Bertz CT molecular complexity index is 800. The first-order valence-corrected chi connectivity index (χ1v) is 7.59. The number of nitrogens with zero attached hydrogens (tertiary/aromatic N) is 5. The molecule has 0 saturated heterocycles. The topological polar surface area (TPSA) is 64.3 Å². The van der Waals surface area contributed by atoms with Crippen LogP contribution in [-0.4, -0.2) is 29.5 Å². The van der Waals surface area contributed by atoms with Crippen molar-refractivity contribution in [1.82, 2.24) is 29.5 Å². The van der Waals surface area contributed by atoms with Gasteiger partial charge in [0.25, 0.3) is 0 Å². The van der Waals surface area contributed by atoms with Crippen molar-refractivity contribution in [3.63, 3.8) is 0 Å². The molecular formula is C15H20N6. The molecule has 0 bridgehead atoms. The predicted octanol–water partition coefficient (Wildman–Crippen LogP) is 2.89. The van der Waals surface area contributed by atoms with Crippen molar-refractivity contribution >= 4 is 11.2 Å². The number of nitrogens with one attached hydrogen (secondary N) is 1. The van der Waals surface area contributed by atoms with E-state index in [2.05, 4.69) is 20.8 Å². The summed E-state index contributed by atoms with van der Waals surface area (Å²) < 4.78 is 4.00. The molecule has 1 aliphatic carbocycles. The molecule has 110 valence electrons. The van der Waals surface area contributed by atoms with Gasteiger partial charge in [-0.3, -0.25) is 4.68 Å². The lowest BCUT2D eigenvalue weighted by Gasteiger charge is -2.09. The van der Waals surface area contributed by atoms with E-state index in [-0.39, 0.29) is 0 Å². The fourth-order valence-electron chi connectivity index (χ4n) is 3.40. The van der Waals surface area contributed by atoms with Crippen LogP contribution in [-0.2, 0) is 7.05 Å². The summed E-state index contributed by atoms with van der Waals surface area (Å²) in [6.07, 6.45) is 5.01. The molecule has 6 heteroatoms. The van der Waals surface area contributed by atoms with E-state index in [1.807, 2.05) is 25.6 Å². The summed E-state index contributed by atoms with van der Waals surface area (Å²) >= 11 is 0. The quantitative estimate of drug-likeness (QED) is 0.787. The molecule has 1 N–H and O–H groups in total. The summed E-state index contributed by atoms with van der Waals surface area (Å²) in [5.74, 6) is 0.875. The van der Waals surface area contributed by atoms with E-state index >= 15 is 0 Å². The smallest absolute Gasteiger partial charge is 0.177 e. The Morgan fingerprint density at radius 3 is 2.62 bits per heavy atom. The van der Waals surface area contributed by atoms with E-state index in [4.69, 9.17) is 10.1 Å². The molecule has 4 rings (SSSR count). The zero-order valence-corrected chi connectivity index (χ0v) is 12.7. The molecule has 0 amide bonds. The van der Waals surface area contributed by atoms with E-state index in [1.165, 1.54) is 25.7 Å². The molecule has 0 spiro atoms. The number of hydrogen-bond acceptors (Lipinski definition) is 3. The van der Waals surface area contributed by atoms with Crippen molar-refractivity contribution in [2.75, 3.05) is 0 Å². The minimum atomic E-state index is 0.505. The summed E-state index contributed by atoms with van der Waals surface area (Å²) in [5.41, 5.74) is 5.07. The molecule has 0 aromatic carbocycles. The Kier molecular flexibility index (Phi) is 2.67. The number of hydrogen-bond donors (Lipinski definition) is 1. The van der Waals surface area contributed by atoms with E-state index in [1.54, 1.807) is 0 Å². The lowest BCUT2D eigenvalue weighted by Crippen LogP contribution is -2.07. The Balaban J connectivity index is 1.86. The predicted molar refractivity (Wildman–Crippen MR) is 81.1 cm³/mol. The maximum absolute atomic E-state index is 4.81. The van der Waals surface area contributed by atoms with E-state index in [0.29, 0.717) is 6.04 Å². The average molecular weight is 284 g/mol. The first-order chi connectivity index (χ1) is 10.1. The van der Waals surface area contributed by atoms with Gasteiger partial charge in [0.2, 0.25) is 0 Å². The van der Waals surface area contributed by atoms with E-state index < -0.39 is 0 Å². The van der Waals surface area contributed by atoms with Crippen LogP contribution in [0, 0.1) is 13.8 Å². The molecule has 21 heavy (non-hydrogen) atoms. The monoisotopic (exact) mass is 284 g/mol. The van der Waals surface area contributed by atoms with Crippen molar-refractivity contribution in [3.05, 3.63) is 17.5 Å². The molecule has 0 radical (unpaired) electrons. The van der Waals surface area contributed by atoms with Gasteiger partial charge in [0.15, 0.2) is 11.5 Å². The lowest BCUT2D eigenvalue weighted by atomic mass is 10.2. The van der Waals surface area contributed by atoms with Crippen LogP contribution in [0.4, 0.5) is 0 Å². The lowest BCUT2D eigenvalue weighted by molar-refractivity contribution is 0.476. The Morgan fingerprint density at radius 1 is 1.19 bits per heavy atom. The van der Waals surface area contributed by atoms with Gasteiger partial charge in [-0.25, -0.2) is 9.67 Å². The van der Waals surface area contributed by atoms with Crippen molar-refractivity contribution in [3.8, 4) is 11.5 Å². The van der Waals surface area contributed by atoms with Gasteiger partial charge >= 0.3 is 0 Å². The van der Waals surface area contributed by atoms with Gasteiger partial charge in [-0.05, 0) is 32.8 Å². The second kappa shape index (κ2) is 4.44. The fraction of sp³-hybridized carbons (Fsp3) is 0.533. The number of rotatable bonds is 2. The molecular weight excluding hydrogens is 264 g/mol. The van der Waals surface area contributed by atoms with Gasteiger partial charge in [0.05, 0.1) is 17.4 Å². The molecule has 1 fully saturated rings. The van der Waals surface area contributed by atoms with E-state index in [9.17, 15) is 0 Å². The Morgan fingerprint density at radius 2 is 1.95 bits per heavy atom. The van der Waals surface area contributed by atoms with Crippen LogP contribution in [0.25, 0.3) is 22.7 Å². The van der Waals surface area contributed by atoms with Gasteiger partial charge in [0.1, 0.15) is 11.2 Å². The highest BCUT2D eigenvalue weighted by Gasteiger charge is 2.23. The molecule has 0 aliphatic heterocycles. The van der Waals surface area contributed by atoms with Crippen LogP contribution in [0.3, 0.4) is 0 Å². The minimum absolute atomic E-state index is 0.505. The highest BCUT2D eigenvalue weighted by Crippen LogP contribution is 2.32. The minimum Gasteiger partial charge on any atom is -0.334 e. The summed E-state index contributed by atoms with van der Waals surface area (Å²) in [7, 11) is 1.95. The van der Waals surface area contributed by atoms with Gasteiger partial charge in [-0.2, -0.15) is 10.2 Å². The third kappa shape index (κ3) is 1.89. The summed E-state index contributed by atoms with van der Waals surface area (Å²) in [5, 5.41) is 9.09. The molecule has 0 atom stereocenters. The molecule has 0 unspecified atom stereocenters. The van der Waals surface area contributed by atoms with Crippen LogP contribution in [0.1, 0.15) is 43.1 Å². The van der Waals surface area contributed by atoms with Crippen LogP contribution < -0.4 is 0 Å². The summed E-state index contributed by atoms with van der Waals surface area (Å²) in [6.45, 7) is 4.04. The van der Waals surface area contributed by atoms with Crippen LogP contribution in [0.2, 0.25) is 0 Å². The van der Waals surface area contributed by atoms with Crippen LogP contribution in [0.5, 0.6) is 0 Å². The fourth-order valence-corrected chi connectivity index (χ4v) is 3.40. The molecule has 1 aliphatic rings. The van der Waals surface area contributed by atoms with Gasteiger partial charge in [-0.15, -0.1) is 0 Å². The van der Waals surface area contributed by atoms with Crippen molar-refractivity contribution < 1.29 is 0 Å². The summed E-state index contributed by atoms with van der Waals surface area (Å²) in [6, 6.07) is 2.56. The second-order valence-electron chi connectivity index (χ2n) is 6.05. The highest BCUT2D eigenvalue weighted by atomic mass is 15.3. The number of aryl methyl sites for hydroxylation is 3. The number of H-pyrrole nitrogens is 1. The third-order valence-electron chi connectivity index (χ3n) is 4.44. The summed E-state index contributed by atoms with van der Waals surface area (Å²) in [4.78, 5) is 8.23. The van der Waals surface area contributed by atoms with Crippen LogP contribution in [0.15, 0.2) is 6.07 Å². The van der Waals surface area contributed by atoms with Gasteiger partial charge in [0, 0.05) is 7.05 Å². The molecule has 3 aromatic heterocycles. The zero-order valence-electron chi connectivity index (χ0n) is 12.7. The number of imidazole rings is 1. The first kappa shape index (κ1) is 12.6. The Hall–Kier alpha value is -2.11.